The Hall–Kier alpha value is -1.36. The number of benzene rings is 2. The van der Waals surface area contributed by atoms with Crippen LogP contribution in [0.3, 0.4) is 0 Å². The molecule has 0 atom stereocenters. The fourth-order valence-electron chi connectivity index (χ4n) is 1.87. The standard InChI is InChI=1S/C13H7IO2/c14-10-7-16-11-6-5-8-3-1-2-4-9(8)12(11)13(10)15/h1-7H. The van der Waals surface area contributed by atoms with Crippen molar-refractivity contribution in [3.8, 4) is 0 Å². The number of hydrogen-bond donors (Lipinski definition) is 0. The first-order chi connectivity index (χ1) is 7.77. The van der Waals surface area contributed by atoms with Gasteiger partial charge in [0.1, 0.15) is 11.8 Å². The quantitative estimate of drug-likeness (QED) is 0.468. The maximum atomic E-state index is 12.1. The molecule has 0 aliphatic rings. The van der Waals surface area contributed by atoms with Crippen molar-refractivity contribution in [3.63, 3.8) is 0 Å². The van der Waals surface area contributed by atoms with Crippen molar-refractivity contribution in [1.82, 2.24) is 0 Å². The monoisotopic (exact) mass is 322 g/mol. The van der Waals surface area contributed by atoms with E-state index in [1.807, 2.05) is 59.0 Å². The summed E-state index contributed by atoms with van der Waals surface area (Å²) in [6, 6.07) is 11.6. The van der Waals surface area contributed by atoms with Gasteiger partial charge in [0.15, 0.2) is 0 Å². The minimum Gasteiger partial charge on any atom is -0.463 e. The molecule has 0 aliphatic heterocycles. The Morgan fingerprint density at radius 2 is 1.88 bits per heavy atom. The molecule has 0 fully saturated rings. The second-order valence-corrected chi connectivity index (χ2v) is 4.73. The highest BCUT2D eigenvalue weighted by molar-refractivity contribution is 14.1. The van der Waals surface area contributed by atoms with Crippen LogP contribution in [0.1, 0.15) is 0 Å². The van der Waals surface area contributed by atoms with Crippen LogP contribution in [0.15, 0.2) is 51.9 Å². The van der Waals surface area contributed by atoms with Crippen LogP contribution in [0, 0.1) is 3.57 Å². The SMILES string of the molecule is O=c1c(I)coc2ccc3ccccc3c12. The number of halogens is 1. The zero-order chi connectivity index (χ0) is 11.1. The molecule has 16 heavy (non-hydrogen) atoms. The van der Waals surface area contributed by atoms with E-state index in [1.54, 1.807) is 0 Å². The summed E-state index contributed by atoms with van der Waals surface area (Å²) >= 11 is 2.00. The molecule has 3 aromatic rings. The Morgan fingerprint density at radius 3 is 2.75 bits per heavy atom. The van der Waals surface area contributed by atoms with Crippen molar-refractivity contribution in [3.05, 3.63) is 56.5 Å². The van der Waals surface area contributed by atoms with Crippen LogP contribution in [0.2, 0.25) is 0 Å². The molecule has 3 heteroatoms. The summed E-state index contributed by atoms with van der Waals surface area (Å²) in [5.41, 5.74) is 0.683. The van der Waals surface area contributed by atoms with Gasteiger partial charge in [-0.15, -0.1) is 0 Å². The van der Waals surface area contributed by atoms with Gasteiger partial charge in [0.25, 0.3) is 0 Å². The van der Waals surface area contributed by atoms with E-state index in [0.717, 1.165) is 10.8 Å². The minimum atomic E-state index is 0.0404. The van der Waals surface area contributed by atoms with E-state index in [-0.39, 0.29) is 5.43 Å². The van der Waals surface area contributed by atoms with Crippen molar-refractivity contribution in [2.45, 2.75) is 0 Å². The van der Waals surface area contributed by atoms with Crippen LogP contribution < -0.4 is 5.43 Å². The third-order valence-electron chi connectivity index (χ3n) is 2.62. The lowest BCUT2D eigenvalue weighted by atomic mass is 10.1. The number of rotatable bonds is 0. The molecule has 0 saturated carbocycles. The fraction of sp³-hybridized carbons (Fsp3) is 0. The molecule has 3 rings (SSSR count). The van der Waals surface area contributed by atoms with Gasteiger partial charge in [-0.25, -0.2) is 0 Å². The lowest BCUT2D eigenvalue weighted by molar-refractivity contribution is 0.598. The van der Waals surface area contributed by atoms with E-state index >= 15 is 0 Å². The van der Waals surface area contributed by atoms with Crippen LogP contribution in [0.25, 0.3) is 21.7 Å². The molecule has 78 valence electrons. The van der Waals surface area contributed by atoms with E-state index in [9.17, 15) is 4.79 Å². The minimum absolute atomic E-state index is 0.0404. The summed E-state index contributed by atoms with van der Waals surface area (Å²) in [5, 5.41) is 2.68. The van der Waals surface area contributed by atoms with E-state index in [1.165, 1.54) is 6.26 Å². The first-order valence-corrected chi connectivity index (χ1v) is 5.94. The lowest BCUT2D eigenvalue weighted by Gasteiger charge is -2.02. The van der Waals surface area contributed by atoms with Gasteiger partial charge < -0.3 is 4.42 Å². The van der Waals surface area contributed by atoms with Crippen LogP contribution in [-0.4, -0.2) is 0 Å². The van der Waals surface area contributed by atoms with Gasteiger partial charge in [-0.3, -0.25) is 4.79 Å². The van der Waals surface area contributed by atoms with Crippen LogP contribution in [0.5, 0.6) is 0 Å². The summed E-state index contributed by atoms with van der Waals surface area (Å²) in [5.74, 6) is 0. The second-order valence-electron chi connectivity index (χ2n) is 3.57. The van der Waals surface area contributed by atoms with Crippen molar-refractivity contribution >= 4 is 44.3 Å². The highest BCUT2D eigenvalue weighted by Crippen LogP contribution is 2.23. The van der Waals surface area contributed by atoms with Gasteiger partial charge >= 0.3 is 0 Å². The molecule has 1 aromatic heterocycles. The van der Waals surface area contributed by atoms with Crippen LogP contribution in [-0.2, 0) is 0 Å². The molecule has 0 bridgehead atoms. The highest BCUT2D eigenvalue weighted by Gasteiger charge is 2.07. The average Bonchev–Trinajstić information content (AvgIpc) is 2.33. The van der Waals surface area contributed by atoms with Crippen molar-refractivity contribution in [1.29, 1.82) is 0 Å². The Morgan fingerprint density at radius 1 is 1.06 bits per heavy atom. The summed E-state index contributed by atoms with van der Waals surface area (Å²) in [6.45, 7) is 0. The zero-order valence-corrected chi connectivity index (χ0v) is 10.4. The van der Waals surface area contributed by atoms with Crippen molar-refractivity contribution in [2.24, 2.45) is 0 Å². The normalized spacial score (nSPS) is 11.1. The summed E-state index contributed by atoms with van der Waals surface area (Å²) in [6.07, 6.45) is 1.50. The Labute approximate surface area is 105 Å². The van der Waals surface area contributed by atoms with Crippen molar-refractivity contribution < 1.29 is 4.42 Å². The molecule has 0 radical (unpaired) electrons. The predicted molar refractivity (Wildman–Crippen MR) is 72.7 cm³/mol. The second kappa shape index (κ2) is 3.59. The molecule has 0 N–H and O–H groups in total. The van der Waals surface area contributed by atoms with Gasteiger partial charge in [-0.05, 0) is 39.4 Å². The maximum absolute atomic E-state index is 12.1. The van der Waals surface area contributed by atoms with Crippen LogP contribution >= 0.6 is 22.6 Å². The smallest absolute Gasteiger partial charge is 0.206 e. The fourth-order valence-corrected chi connectivity index (χ4v) is 2.27. The Bertz CT molecular complexity index is 744. The molecule has 0 unspecified atom stereocenters. The molecule has 2 aromatic carbocycles. The summed E-state index contributed by atoms with van der Waals surface area (Å²) < 4.78 is 6.04. The molecule has 1 heterocycles. The topological polar surface area (TPSA) is 30.2 Å². The summed E-state index contributed by atoms with van der Waals surface area (Å²) in [4.78, 5) is 12.1. The Balaban J connectivity index is 2.69. The first kappa shape index (κ1) is 9.84. The van der Waals surface area contributed by atoms with E-state index in [0.29, 0.717) is 14.5 Å². The summed E-state index contributed by atoms with van der Waals surface area (Å²) in [7, 11) is 0. The molecule has 0 aliphatic carbocycles. The number of hydrogen-bond acceptors (Lipinski definition) is 2. The lowest BCUT2D eigenvalue weighted by Crippen LogP contribution is -2.04. The molecule has 0 amide bonds. The maximum Gasteiger partial charge on any atom is 0.206 e. The van der Waals surface area contributed by atoms with Gasteiger partial charge in [-0.1, -0.05) is 30.3 Å². The highest BCUT2D eigenvalue weighted by atomic mass is 127. The zero-order valence-electron chi connectivity index (χ0n) is 8.24. The molecular weight excluding hydrogens is 315 g/mol. The van der Waals surface area contributed by atoms with Gasteiger partial charge in [0, 0.05) is 0 Å². The van der Waals surface area contributed by atoms with Gasteiger partial charge in [-0.2, -0.15) is 0 Å². The van der Waals surface area contributed by atoms with Crippen LogP contribution in [0.4, 0.5) is 0 Å². The Kier molecular flexibility index (Phi) is 2.21. The van der Waals surface area contributed by atoms with E-state index < -0.39 is 0 Å². The molecule has 0 spiro atoms. The van der Waals surface area contributed by atoms with Gasteiger partial charge in [0.05, 0.1) is 8.96 Å². The molecule has 0 saturated heterocycles. The number of fused-ring (bicyclic) bond motifs is 3. The van der Waals surface area contributed by atoms with Crippen molar-refractivity contribution in [2.75, 3.05) is 0 Å². The third kappa shape index (κ3) is 1.35. The van der Waals surface area contributed by atoms with E-state index in [4.69, 9.17) is 4.42 Å². The van der Waals surface area contributed by atoms with E-state index in [2.05, 4.69) is 0 Å². The van der Waals surface area contributed by atoms with Gasteiger partial charge in [0.2, 0.25) is 5.43 Å². The molecular formula is C13H7IO2. The third-order valence-corrected chi connectivity index (χ3v) is 3.37. The molecule has 2 nitrogen and oxygen atoms in total. The predicted octanol–water partition coefficient (Wildman–Crippen LogP) is 3.55. The first-order valence-electron chi connectivity index (χ1n) is 4.86. The average molecular weight is 322 g/mol. The largest absolute Gasteiger partial charge is 0.463 e.